The van der Waals surface area contributed by atoms with Crippen LogP contribution in [0.15, 0.2) is 48.2 Å². The van der Waals surface area contributed by atoms with Crippen molar-refractivity contribution < 1.29 is 109 Å². The fourth-order valence-corrected chi connectivity index (χ4v) is 12.5. The van der Waals surface area contributed by atoms with Gasteiger partial charge in [0.25, 0.3) is 0 Å². The van der Waals surface area contributed by atoms with Crippen molar-refractivity contribution in [3.05, 3.63) is 70.5 Å². The molecule has 15 N–H and O–H groups in total. The standard InChI is InChI=1S/C50H61Br4N3O22S/c51-24-14-22-42(30(53)32(24)61)77-43-23(15-25(52)33(62)31(43)54)50(22)21-9-8-19(13-20(21)45(71)79-50)57-49(80)56-11-10-55-29(60)7-5-3-1-2-4-6-12-72-47-41(70)44(78-48-40(69)38(67)35(64)27(17-59)75-48)36(65)28(76-47)18-73-46-39(68)37(66)34(63)26(16-58)74-46/h8-9,13-15,26-28,34-41,44,46-48,58-59,61-70H,1-7,10-12,16-18H2,(H,55,60)(H2,56,57,80)/t26-,27-,28-,34-,35-,36-,37+,38+,39+,40+,41+,44+,46+,47+,48-/m1/s1. The largest absolute Gasteiger partial charge is 0.505 e. The van der Waals surface area contributed by atoms with Crippen LogP contribution in [-0.2, 0) is 43.6 Å². The van der Waals surface area contributed by atoms with Gasteiger partial charge in [-0.15, -0.1) is 0 Å². The Labute approximate surface area is 495 Å². The number of aliphatic hydroxyl groups is 10. The second-order valence-corrected chi connectivity index (χ2v) is 23.3. The monoisotopic (exact) mass is 1400 g/mol. The number of hydrogen-bond acceptors (Lipinski definition) is 23. The molecule has 0 aliphatic carbocycles. The summed E-state index contributed by atoms with van der Waals surface area (Å²) in [4.78, 5) is 26.4. The van der Waals surface area contributed by atoms with Gasteiger partial charge in [0.15, 0.2) is 41.1 Å². The van der Waals surface area contributed by atoms with E-state index in [1.54, 1.807) is 30.3 Å². The lowest BCUT2D eigenvalue weighted by molar-refractivity contribution is -0.366. The van der Waals surface area contributed by atoms with Crippen molar-refractivity contribution in [1.29, 1.82) is 0 Å². The molecule has 0 unspecified atom stereocenters. The second-order valence-electron chi connectivity index (χ2n) is 19.6. The van der Waals surface area contributed by atoms with Gasteiger partial charge in [0.05, 0.1) is 45.5 Å². The molecule has 5 aliphatic rings. The topological polar surface area (TPSA) is 387 Å². The molecule has 3 saturated heterocycles. The van der Waals surface area contributed by atoms with Crippen molar-refractivity contribution >= 4 is 98.6 Å². The van der Waals surface area contributed by atoms with Gasteiger partial charge in [-0.2, -0.15) is 0 Å². The lowest BCUT2D eigenvalue weighted by atomic mass is 9.77. The Hall–Kier alpha value is -3.03. The number of ether oxygens (including phenoxy) is 8. The fraction of sp³-hybridized carbons (Fsp3) is 0.580. The molecule has 30 heteroatoms. The summed E-state index contributed by atoms with van der Waals surface area (Å²) in [7, 11) is 0. The van der Waals surface area contributed by atoms with Crippen molar-refractivity contribution in [1.82, 2.24) is 10.6 Å². The molecule has 15 atom stereocenters. The maximum atomic E-state index is 13.8. The van der Waals surface area contributed by atoms with Gasteiger partial charge in [0, 0.05) is 37.4 Å². The van der Waals surface area contributed by atoms with Gasteiger partial charge in [0.1, 0.15) is 93.7 Å². The summed E-state index contributed by atoms with van der Waals surface area (Å²) in [6, 6.07) is 8.25. The molecule has 0 radical (unpaired) electrons. The molecule has 1 spiro atoms. The van der Waals surface area contributed by atoms with E-state index in [1.165, 1.54) is 0 Å². The summed E-state index contributed by atoms with van der Waals surface area (Å²) >= 11 is 19.1. The maximum absolute atomic E-state index is 13.8. The Kier molecular flexibility index (Phi) is 21.5. The lowest BCUT2D eigenvalue weighted by Crippen LogP contribution is -2.65. The average Bonchev–Trinajstić information content (AvgIpc) is 3.52. The zero-order valence-electron chi connectivity index (χ0n) is 42.1. The van der Waals surface area contributed by atoms with Crippen LogP contribution in [0.25, 0.3) is 0 Å². The number of rotatable bonds is 21. The van der Waals surface area contributed by atoms with Crippen molar-refractivity contribution in [3.63, 3.8) is 0 Å². The molecular weight excluding hydrogens is 1350 g/mol. The van der Waals surface area contributed by atoms with E-state index in [2.05, 4.69) is 79.7 Å². The summed E-state index contributed by atoms with van der Waals surface area (Å²) in [5, 5.41) is 135. The smallest absolute Gasteiger partial charge is 0.340 e. The summed E-state index contributed by atoms with van der Waals surface area (Å²) < 4.78 is 47.4. The Morgan fingerprint density at radius 3 is 1.77 bits per heavy atom. The van der Waals surface area contributed by atoms with Crippen molar-refractivity contribution in [3.8, 4) is 23.0 Å². The summed E-state index contributed by atoms with van der Waals surface area (Å²) in [6.07, 6.45) is -20.3. The Bertz CT molecular complexity index is 2650. The van der Waals surface area contributed by atoms with E-state index in [4.69, 9.17) is 50.1 Å². The van der Waals surface area contributed by atoms with Crippen LogP contribution in [0.1, 0.15) is 72.0 Å². The highest BCUT2D eigenvalue weighted by Gasteiger charge is 2.56. The van der Waals surface area contributed by atoms with Crippen LogP contribution in [0.2, 0.25) is 0 Å². The molecule has 80 heavy (non-hydrogen) atoms. The third-order valence-corrected chi connectivity index (χ3v) is 17.2. The van der Waals surface area contributed by atoms with Crippen LogP contribution in [0.4, 0.5) is 5.69 Å². The quantitative estimate of drug-likeness (QED) is 0.0406. The number of hydrogen-bond donors (Lipinski definition) is 15. The number of phenolic OH excluding ortho intramolecular Hbond substituents is 2. The minimum absolute atomic E-state index is 0.0540. The van der Waals surface area contributed by atoms with Gasteiger partial charge >= 0.3 is 5.97 Å². The first-order chi connectivity index (χ1) is 38.1. The van der Waals surface area contributed by atoms with E-state index < -0.39 is 124 Å². The summed E-state index contributed by atoms with van der Waals surface area (Å²) in [5.74, 6) is -0.745. The number of aliphatic hydroxyl groups excluding tert-OH is 10. The van der Waals surface area contributed by atoms with E-state index in [9.17, 15) is 70.9 Å². The molecule has 442 valence electrons. The van der Waals surface area contributed by atoms with E-state index >= 15 is 0 Å². The number of nitrogens with one attached hydrogen (secondary N) is 3. The molecule has 5 heterocycles. The normalized spacial score (nSPS) is 30.4. The molecule has 0 saturated carbocycles. The number of esters is 1. The Balaban J connectivity index is 0.755. The van der Waals surface area contributed by atoms with E-state index in [0.29, 0.717) is 63.6 Å². The molecule has 8 rings (SSSR count). The van der Waals surface area contributed by atoms with Crippen LogP contribution in [0.5, 0.6) is 23.0 Å². The van der Waals surface area contributed by atoms with Gasteiger partial charge < -0.3 is 115 Å². The molecule has 0 bridgehead atoms. The highest BCUT2D eigenvalue weighted by atomic mass is 79.9. The minimum Gasteiger partial charge on any atom is -0.505 e. The first-order valence-electron chi connectivity index (χ1n) is 25.4. The second kappa shape index (κ2) is 27.3. The van der Waals surface area contributed by atoms with Crippen molar-refractivity contribution in [2.24, 2.45) is 0 Å². The molecule has 3 fully saturated rings. The van der Waals surface area contributed by atoms with Gasteiger partial charge in [-0.3, -0.25) is 4.79 Å². The number of benzene rings is 3. The number of thiocarbonyl (C=S) groups is 1. The SMILES string of the molecule is O=C(CCCCCCCCO[C@H]1O[C@H](CO[C@H]2O[C@H](CO)[C@@H](O)[C@H](O)[C@@H]2O)[C@@H](O)[C@H](O[C@H]2O[C@H](CO)[C@@H](O)[C@H](O)[C@@H]2O)[C@@H]1O)NCCNC(=S)Nc1ccc2c(c1)C(=O)OC21c2cc(Br)c(O)c(Br)c2Oc2c1cc(Br)c(O)c2Br. The Morgan fingerprint density at radius 1 is 0.625 bits per heavy atom. The van der Waals surface area contributed by atoms with Crippen molar-refractivity contribution in [2.75, 3.05) is 44.8 Å². The van der Waals surface area contributed by atoms with Crippen LogP contribution < -0.4 is 20.7 Å². The third-order valence-electron chi connectivity index (χ3n) is 14.3. The lowest BCUT2D eigenvalue weighted by Gasteiger charge is -2.46. The maximum Gasteiger partial charge on any atom is 0.340 e. The number of unbranched alkanes of at least 4 members (excludes halogenated alkanes) is 5. The molecule has 5 aliphatic heterocycles. The average molecular weight is 1410 g/mol. The number of aromatic hydroxyl groups is 2. The molecule has 25 nitrogen and oxygen atoms in total. The van der Waals surface area contributed by atoms with Gasteiger partial charge in [-0.25, -0.2) is 4.79 Å². The number of phenols is 2. The van der Waals surface area contributed by atoms with E-state index in [-0.39, 0.29) is 61.7 Å². The number of carbonyl (C=O) groups excluding carboxylic acids is 2. The fourth-order valence-electron chi connectivity index (χ4n) is 9.90. The third kappa shape index (κ3) is 13.1. The predicted octanol–water partition coefficient (Wildman–Crippen LogP) is 1.31. The van der Waals surface area contributed by atoms with Gasteiger partial charge in [-0.05, 0) is 113 Å². The predicted molar refractivity (Wildman–Crippen MR) is 293 cm³/mol. The molecule has 0 aromatic heterocycles. The van der Waals surface area contributed by atoms with E-state index in [1.807, 2.05) is 0 Å². The number of amides is 1. The van der Waals surface area contributed by atoms with Gasteiger partial charge in [0.2, 0.25) is 5.91 Å². The van der Waals surface area contributed by atoms with Crippen LogP contribution in [0.3, 0.4) is 0 Å². The highest BCUT2D eigenvalue weighted by Crippen LogP contribution is 2.62. The van der Waals surface area contributed by atoms with Crippen LogP contribution in [-0.4, -0.2) is 210 Å². The first-order valence-corrected chi connectivity index (χ1v) is 29.0. The number of anilines is 1. The molecule has 1 amide bonds. The number of fused-ring (bicyclic) bond motifs is 6. The summed E-state index contributed by atoms with van der Waals surface area (Å²) in [6.45, 7) is -1.47. The molecular formula is C50H61Br4N3O22S. The highest BCUT2D eigenvalue weighted by molar-refractivity contribution is 9.11. The Morgan fingerprint density at radius 2 is 1.16 bits per heavy atom. The van der Waals surface area contributed by atoms with Crippen LogP contribution in [0, 0.1) is 0 Å². The zero-order valence-corrected chi connectivity index (χ0v) is 49.3. The number of carbonyl (C=O) groups is 2. The minimum atomic E-state index is -1.88. The van der Waals surface area contributed by atoms with Gasteiger partial charge in [-0.1, -0.05) is 31.7 Å². The summed E-state index contributed by atoms with van der Waals surface area (Å²) in [5.41, 5.74) is 0.426. The first kappa shape index (κ1) is 63.0. The molecule has 3 aromatic rings. The number of halogens is 4. The zero-order chi connectivity index (χ0) is 57.9. The molecule has 3 aromatic carbocycles. The van der Waals surface area contributed by atoms with Crippen molar-refractivity contribution in [2.45, 2.75) is 143 Å². The van der Waals surface area contributed by atoms with E-state index in [0.717, 1.165) is 19.3 Å². The van der Waals surface area contributed by atoms with Crippen LogP contribution >= 0.6 is 75.9 Å².